The molecule has 0 atom stereocenters. The lowest BCUT2D eigenvalue weighted by molar-refractivity contribution is -0.385. The number of para-hydroxylation sites is 1. The van der Waals surface area contributed by atoms with Crippen molar-refractivity contribution in [3.05, 3.63) is 46.0 Å². The first kappa shape index (κ1) is 16.4. The van der Waals surface area contributed by atoms with Gasteiger partial charge in [-0.15, -0.1) is 0 Å². The molecule has 1 N–H and O–H groups in total. The topological polar surface area (TPSA) is 101 Å². The van der Waals surface area contributed by atoms with Gasteiger partial charge in [-0.3, -0.25) is 19.7 Å². The molecule has 0 spiro atoms. The summed E-state index contributed by atoms with van der Waals surface area (Å²) in [6.07, 6.45) is 2.97. The molecule has 1 amide bonds. The maximum Gasteiger partial charge on any atom is 0.303 e. The average molecular weight is 292 g/mol. The molecular weight excluding hydrogens is 276 g/mol. The van der Waals surface area contributed by atoms with Crippen LogP contribution in [0.3, 0.4) is 0 Å². The number of amides is 1. The summed E-state index contributed by atoms with van der Waals surface area (Å²) in [5.41, 5.74) is 0.268. The third-order valence-electron chi connectivity index (χ3n) is 2.80. The SMILES string of the molecule is CN(CCCC(=O)O)C(=O)/C=C/c1ccccc1[N+](=O)[O-]. The van der Waals surface area contributed by atoms with Crippen molar-refractivity contribution in [2.75, 3.05) is 13.6 Å². The second-order valence-corrected chi connectivity index (χ2v) is 4.41. The molecule has 0 aliphatic carbocycles. The van der Waals surface area contributed by atoms with E-state index >= 15 is 0 Å². The predicted molar refractivity (Wildman–Crippen MR) is 76.6 cm³/mol. The van der Waals surface area contributed by atoms with Crippen LogP contribution in [0.1, 0.15) is 18.4 Å². The third kappa shape index (κ3) is 5.43. The smallest absolute Gasteiger partial charge is 0.303 e. The second-order valence-electron chi connectivity index (χ2n) is 4.41. The van der Waals surface area contributed by atoms with Crippen molar-refractivity contribution in [2.24, 2.45) is 0 Å². The molecule has 0 saturated carbocycles. The zero-order valence-electron chi connectivity index (χ0n) is 11.6. The Morgan fingerprint density at radius 2 is 2.05 bits per heavy atom. The van der Waals surface area contributed by atoms with Crippen LogP contribution in [0, 0.1) is 10.1 Å². The molecule has 21 heavy (non-hydrogen) atoms. The van der Waals surface area contributed by atoms with Crippen molar-refractivity contribution in [2.45, 2.75) is 12.8 Å². The normalized spacial score (nSPS) is 10.5. The van der Waals surface area contributed by atoms with E-state index in [1.807, 2.05) is 0 Å². The Morgan fingerprint density at radius 1 is 1.38 bits per heavy atom. The molecule has 0 unspecified atom stereocenters. The minimum Gasteiger partial charge on any atom is -0.481 e. The van der Waals surface area contributed by atoms with Crippen LogP contribution in [0.15, 0.2) is 30.3 Å². The highest BCUT2D eigenvalue weighted by Crippen LogP contribution is 2.18. The van der Waals surface area contributed by atoms with Gasteiger partial charge in [0.05, 0.1) is 10.5 Å². The van der Waals surface area contributed by atoms with Crippen molar-refractivity contribution >= 4 is 23.6 Å². The summed E-state index contributed by atoms with van der Waals surface area (Å²) in [6.45, 7) is 0.312. The largest absolute Gasteiger partial charge is 0.481 e. The standard InChI is InChI=1S/C14H16N2O5/c1-15(10-4-7-14(18)19)13(17)9-8-11-5-2-3-6-12(11)16(20)21/h2-3,5-6,8-9H,4,7,10H2,1H3,(H,18,19)/b9-8+. The van der Waals surface area contributed by atoms with E-state index in [1.165, 1.54) is 23.1 Å². The lowest BCUT2D eigenvalue weighted by Gasteiger charge is -2.13. The minimum atomic E-state index is -0.911. The van der Waals surface area contributed by atoms with Crippen LogP contribution in [-0.2, 0) is 9.59 Å². The molecule has 0 radical (unpaired) electrons. The predicted octanol–water partition coefficient (Wildman–Crippen LogP) is 1.93. The molecule has 7 nitrogen and oxygen atoms in total. The number of aliphatic carboxylic acids is 1. The summed E-state index contributed by atoms with van der Waals surface area (Å²) in [5.74, 6) is -1.25. The summed E-state index contributed by atoms with van der Waals surface area (Å²) >= 11 is 0. The van der Waals surface area contributed by atoms with Gasteiger partial charge in [0.25, 0.3) is 5.69 Å². The van der Waals surface area contributed by atoms with Crippen molar-refractivity contribution in [3.8, 4) is 0 Å². The molecular formula is C14H16N2O5. The summed E-state index contributed by atoms with van der Waals surface area (Å²) in [7, 11) is 1.55. The summed E-state index contributed by atoms with van der Waals surface area (Å²) in [6, 6.07) is 6.11. The second kappa shape index (κ2) is 7.78. The number of benzene rings is 1. The maximum absolute atomic E-state index is 11.8. The van der Waals surface area contributed by atoms with Gasteiger partial charge in [0.1, 0.15) is 0 Å². The van der Waals surface area contributed by atoms with Gasteiger partial charge in [0, 0.05) is 32.2 Å². The van der Waals surface area contributed by atoms with E-state index in [0.29, 0.717) is 18.5 Å². The number of nitro benzene ring substituents is 1. The van der Waals surface area contributed by atoms with Crippen LogP contribution in [-0.4, -0.2) is 40.4 Å². The molecule has 0 fully saturated rings. The molecule has 1 aromatic rings. The molecule has 0 aliphatic rings. The number of nitro groups is 1. The van der Waals surface area contributed by atoms with Gasteiger partial charge < -0.3 is 10.0 Å². The number of hydrogen-bond acceptors (Lipinski definition) is 4. The molecule has 1 aromatic carbocycles. The number of hydrogen-bond donors (Lipinski definition) is 1. The van der Waals surface area contributed by atoms with Crippen LogP contribution in [0.4, 0.5) is 5.69 Å². The highest BCUT2D eigenvalue weighted by molar-refractivity contribution is 5.92. The van der Waals surface area contributed by atoms with E-state index < -0.39 is 10.9 Å². The molecule has 0 heterocycles. The molecule has 0 aliphatic heterocycles. The monoisotopic (exact) mass is 292 g/mol. The Kier molecular flexibility index (Phi) is 6.06. The highest BCUT2D eigenvalue weighted by atomic mass is 16.6. The van der Waals surface area contributed by atoms with Crippen LogP contribution >= 0.6 is 0 Å². The first-order chi connectivity index (χ1) is 9.91. The van der Waals surface area contributed by atoms with E-state index in [2.05, 4.69) is 0 Å². The van der Waals surface area contributed by atoms with Crippen molar-refractivity contribution < 1.29 is 19.6 Å². The van der Waals surface area contributed by atoms with Crippen molar-refractivity contribution in [3.63, 3.8) is 0 Å². The Morgan fingerprint density at radius 3 is 2.67 bits per heavy atom. The van der Waals surface area contributed by atoms with Gasteiger partial charge in [0.2, 0.25) is 5.91 Å². The van der Waals surface area contributed by atoms with Crippen LogP contribution in [0.25, 0.3) is 6.08 Å². The fourth-order valence-corrected chi connectivity index (χ4v) is 1.66. The van der Waals surface area contributed by atoms with Crippen molar-refractivity contribution in [1.82, 2.24) is 4.90 Å². The van der Waals surface area contributed by atoms with E-state index in [-0.39, 0.29) is 18.0 Å². The summed E-state index contributed by atoms with van der Waals surface area (Å²) in [4.78, 5) is 33.9. The van der Waals surface area contributed by atoms with E-state index in [4.69, 9.17) is 5.11 Å². The number of rotatable bonds is 7. The van der Waals surface area contributed by atoms with Gasteiger partial charge in [-0.25, -0.2) is 0 Å². The molecule has 0 saturated heterocycles. The van der Waals surface area contributed by atoms with Gasteiger partial charge in [-0.1, -0.05) is 12.1 Å². The maximum atomic E-state index is 11.8. The number of carbonyl (C=O) groups is 2. The molecule has 112 valence electrons. The van der Waals surface area contributed by atoms with E-state index in [1.54, 1.807) is 25.2 Å². The van der Waals surface area contributed by atoms with Crippen LogP contribution in [0.5, 0.6) is 0 Å². The third-order valence-corrected chi connectivity index (χ3v) is 2.80. The average Bonchev–Trinajstić information content (AvgIpc) is 2.44. The lowest BCUT2D eigenvalue weighted by atomic mass is 10.1. The van der Waals surface area contributed by atoms with Crippen molar-refractivity contribution in [1.29, 1.82) is 0 Å². The molecule has 7 heteroatoms. The first-order valence-corrected chi connectivity index (χ1v) is 6.30. The van der Waals surface area contributed by atoms with Gasteiger partial charge >= 0.3 is 5.97 Å². The number of carboxylic acids is 1. The van der Waals surface area contributed by atoms with Crippen LogP contribution in [0.2, 0.25) is 0 Å². The molecule has 0 aromatic heterocycles. The Hall–Kier alpha value is -2.70. The van der Waals surface area contributed by atoms with Crippen LogP contribution < -0.4 is 0 Å². The zero-order chi connectivity index (χ0) is 15.8. The highest BCUT2D eigenvalue weighted by Gasteiger charge is 2.11. The molecule has 0 bridgehead atoms. The Labute approximate surface area is 121 Å². The first-order valence-electron chi connectivity index (χ1n) is 6.30. The quantitative estimate of drug-likeness (QED) is 0.470. The fraction of sp³-hybridized carbons (Fsp3) is 0.286. The summed E-state index contributed by atoms with van der Waals surface area (Å²) in [5, 5.41) is 19.3. The summed E-state index contributed by atoms with van der Waals surface area (Å²) < 4.78 is 0. The van der Waals surface area contributed by atoms with Gasteiger partial charge in [0.15, 0.2) is 0 Å². The number of nitrogens with zero attached hydrogens (tertiary/aromatic N) is 2. The number of carbonyl (C=O) groups excluding carboxylic acids is 1. The van der Waals surface area contributed by atoms with E-state index in [0.717, 1.165) is 0 Å². The van der Waals surface area contributed by atoms with E-state index in [9.17, 15) is 19.7 Å². The Bertz CT molecular complexity index is 568. The van der Waals surface area contributed by atoms with Gasteiger partial charge in [-0.2, -0.15) is 0 Å². The molecule has 1 rings (SSSR count). The number of carboxylic acid groups (broad SMARTS) is 1. The number of likely N-dealkylation sites (N-methyl/N-ethyl adjacent to an activating group) is 1. The van der Waals surface area contributed by atoms with Gasteiger partial charge in [-0.05, 0) is 18.6 Å². The lowest BCUT2D eigenvalue weighted by Crippen LogP contribution is -2.26. The minimum absolute atomic E-state index is 0.00844. The zero-order valence-corrected chi connectivity index (χ0v) is 11.6. The Balaban J connectivity index is 2.65. The fourth-order valence-electron chi connectivity index (χ4n) is 1.66.